The van der Waals surface area contributed by atoms with E-state index in [4.69, 9.17) is 0 Å². The van der Waals surface area contributed by atoms with Gasteiger partial charge in [0.2, 0.25) is 15.9 Å². The molecule has 1 aromatic heterocycles. The van der Waals surface area contributed by atoms with E-state index < -0.39 is 14.8 Å². The number of benzene rings is 1. The molecule has 2 atom stereocenters. The first-order chi connectivity index (χ1) is 14.4. The first-order valence-electron chi connectivity index (χ1n) is 10.8. The van der Waals surface area contributed by atoms with Crippen molar-refractivity contribution < 1.29 is 13.2 Å². The van der Waals surface area contributed by atoms with Gasteiger partial charge in [-0.3, -0.25) is 14.1 Å². The Morgan fingerprint density at radius 1 is 1.30 bits per heavy atom. The van der Waals surface area contributed by atoms with Crippen LogP contribution >= 0.6 is 0 Å². The number of carbonyl (C=O) groups is 1. The Labute approximate surface area is 176 Å². The summed E-state index contributed by atoms with van der Waals surface area (Å²) in [5.41, 5.74) is 1.54. The summed E-state index contributed by atoms with van der Waals surface area (Å²) in [6.07, 6.45) is 8.90. The van der Waals surface area contributed by atoms with E-state index in [1.165, 1.54) is 0 Å². The maximum Gasteiger partial charge on any atom is 0.326 e. The van der Waals surface area contributed by atoms with Gasteiger partial charge >= 0.3 is 5.69 Å². The second kappa shape index (κ2) is 8.06. The van der Waals surface area contributed by atoms with Gasteiger partial charge < -0.3 is 4.98 Å². The molecule has 1 aromatic carbocycles. The Balaban J connectivity index is 1.26. The standard InChI is InChI=1S/C22H29N3O4S/c1-2-16-15-17(16)20(26)24-30(28,29)22(12-13-22)11-7-3-4-8-14-25-19-10-6-5-9-18(19)23-21(25)27/h4-6,8-10,16-17H,2-3,7,11-15H2,1H3,(H,23,27)(H,24,26)/b8-4-/t16-,17+/m1/s1. The maximum absolute atomic E-state index is 12.7. The van der Waals surface area contributed by atoms with Crippen molar-refractivity contribution in [3.05, 3.63) is 46.9 Å². The predicted octanol–water partition coefficient (Wildman–Crippen LogP) is 3.08. The topological polar surface area (TPSA) is 101 Å². The van der Waals surface area contributed by atoms with Crippen molar-refractivity contribution in [2.24, 2.45) is 11.8 Å². The summed E-state index contributed by atoms with van der Waals surface area (Å²) in [6.45, 7) is 2.50. The Morgan fingerprint density at radius 2 is 2.07 bits per heavy atom. The number of allylic oxidation sites excluding steroid dienone is 2. The average molecular weight is 432 g/mol. The summed E-state index contributed by atoms with van der Waals surface area (Å²) in [5, 5.41) is 0. The van der Waals surface area contributed by atoms with Gasteiger partial charge in [-0.1, -0.05) is 37.6 Å². The number of hydrogen-bond acceptors (Lipinski definition) is 4. The Morgan fingerprint density at radius 3 is 2.77 bits per heavy atom. The number of aromatic amines is 1. The Bertz CT molecular complexity index is 1120. The molecule has 2 aliphatic rings. The third-order valence-electron chi connectivity index (χ3n) is 6.54. The molecule has 2 aliphatic carbocycles. The van der Waals surface area contributed by atoms with Gasteiger partial charge in [0.1, 0.15) is 0 Å². The number of hydrogen-bond donors (Lipinski definition) is 2. The monoisotopic (exact) mass is 431 g/mol. The third-order valence-corrected chi connectivity index (χ3v) is 8.76. The third kappa shape index (κ3) is 4.10. The molecule has 8 heteroatoms. The number of nitrogens with one attached hydrogen (secondary N) is 2. The molecule has 0 saturated heterocycles. The normalized spacial score (nSPS) is 22.4. The smallest absolute Gasteiger partial charge is 0.306 e. The van der Waals surface area contributed by atoms with Crippen LogP contribution in [0.25, 0.3) is 11.0 Å². The van der Waals surface area contributed by atoms with Crippen molar-refractivity contribution >= 4 is 27.0 Å². The van der Waals surface area contributed by atoms with E-state index in [2.05, 4.69) is 9.71 Å². The van der Waals surface area contributed by atoms with Crippen molar-refractivity contribution in [1.29, 1.82) is 0 Å². The summed E-state index contributed by atoms with van der Waals surface area (Å²) in [7, 11) is -3.62. The highest BCUT2D eigenvalue weighted by Crippen LogP contribution is 2.48. The fraction of sp³-hybridized carbons (Fsp3) is 0.545. The lowest BCUT2D eigenvalue weighted by Crippen LogP contribution is -2.40. The number of aromatic nitrogens is 2. The van der Waals surface area contributed by atoms with Crippen molar-refractivity contribution in [2.45, 2.75) is 63.2 Å². The van der Waals surface area contributed by atoms with Crippen LogP contribution in [0.5, 0.6) is 0 Å². The number of nitrogens with zero attached hydrogens (tertiary/aromatic N) is 1. The lowest BCUT2D eigenvalue weighted by molar-refractivity contribution is -0.120. The van der Waals surface area contributed by atoms with E-state index in [9.17, 15) is 18.0 Å². The Hall–Kier alpha value is -2.35. The number of H-pyrrole nitrogens is 1. The van der Waals surface area contributed by atoms with Crippen molar-refractivity contribution in [2.75, 3.05) is 0 Å². The number of amides is 1. The molecule has 1 amide bonds. The molecule has 0 unspecified atom stereocenters. The maximum atomic E-state index is 12.7. The lowest BCUT2D eigenvalue weighted by Gasteiger charge is -2.16. The molecule has 2 aromatic rings. The molecule has 162 valence electrons. The van der Waals surface area contributed by atoms with E-state index in [1.807, 2.05) is 43.3 Å². The molecule has 0 bridgehead atoms. The van der Waals surface area contributed by atoms with Gasteiger partial charge in [-0.25, -0.2) is 13.2 Å². The number of carbonyl (C=O) groups excluding carboxylic acids is 1. The molecule has 7 nitrogen and oxygen atoms in total. The van der Waals surface area contributed by atoms with Crippen LogP contribution in [0.15, 0.2) is 41.2 Å². The quantitative estimate of drug-likeness (QED) is 0.446. The minimum absolute atomic E-state index is 0.128. The zero-order valence-corrected chi connectivity index (χ0v) is 18.1. The van der Waals surface area contributed by atoms with Crippen molar-refractivity contribution in [1.82, 2.24) is 14.3 Å². The molecule has 2 fully saturated rings. The van der Waals surface area contributed by atoms with E-state index in [0.717, 1.165) is 36.7 Å². The number of sulfonamides is 1. The lowest BCUT2D eigenvalue weighted by atomic mass is 10.1. The van der Waals surface area contributed by atoms with Crippen LogP contribution in [0.3, 0.4) is 0 Å². The fourth-order valence-electron chi connectivity index (χ4n) is 4.26. The first-order valence-corrected chi connectivity index (χ1v) is 12.2. The fourth-order valence-corrected chi connectivity index (χ4v) is 5.94. The number of unbranched alkanes of at least 4 members (excludes halogenated alkanes) is 1. The zero-order chi connectivity index (χ0) is 21.4. The zero-order valence-electron chi connectivity index (χ0n) is 17.3. The summed E-state index contributed by atoms with van der Waals surface area (Å²) in [6, 6.07) is 7.56. The SMILES string of the molecule is CC[C@@H]1C[C@@H]1C(=O)NS(=O)(=O)C1(CCC/C=C\Cn2c(=O)[nH]c3ccccc32)CC1. The van der Waals surface area contributed by atoms with Crippen LogP contribution in [-0.2, 0) is 21.4 Å². The van der Waals surface area contributed by atoms with Gasteiger partial charge in [-0.15, -0.1) is 0 Å². The molecular formula is C22H29N3O4S. The van der Waals surface area contributed by atoms with Crippen molar-refractivity contribution in [3.8, 4) is 0 Å². The number of fused-ring (bicyclic) bond motifs is 1. The van der Waals surface area contributed by atoms with E-state index >= 15 is 0 Å². The average Bonchev–Trinajstić information content (AvgIpc) is 3.62. The van der Waals surface area contributed by atoms with Gasteiger partial charge in [0, 0.05) is 12.5 Å². The van der Waals surface area contributed by atoms with E-state index in [-0.39, 0.29) is 17.5 Å². The molecule has 30 heavy (non-hydrogen) atoms. The van der Waals surface area contributed by atoms with Crippen molar-refractivity contribution in [3.63, 3.8) is 0 Å². The van der Waals surface area contributed by atoms with Crippen LogP contribution in [0.4, 0.5) is 0 Å². The second-order valence-electron chi connectivity index (χ2n) is 8.58. The van der Waals surface area contributed by atoms with Gasteiger partial charge in [0.25, 0.3) is 0 Å². The molecule has 2 N–H and O–H groups in total. The van der Waals surface area contributed by atoms with Crippen LogP contribution in [0.2, 0.25) is 0 Å². The molecule has 1 heterocycles. The molecular weight excluding hydrogens is 402 g/mol. The molecule has 0 aliphatic heterocycles. The Kier molecular flexibility index (Phi) is 5.61. The highest BCUT2D eigenvalue weighted by Gasteiger charge is 2.55. The van der Waals surface area contributed by atoms with Crippen LogP contribution in [0.1, 0.15) is 51.9 Å². The number of imidazole rings is 1. The molecule has 4 rings (SSSR count). The van der Waals surface area contributed by atoms with E-state index in [0.29, 0.717) is 31.7 Å². The first kappa shape index (κ1) is 20.9. The summed E-state index contributed by atoms with van der Waals surface area (Å²) in [4.78, 5) is 27.1. The minimum Gasteiger partial charge on any atom is -0.306 e. The number of rotatable bonds is 10. The highest BCUT2D eigenvalue weighted by atomic mass is 32.2. The molecule has 2 saturated carbocycles. The van der Waals surface area contributed by atoms with E-state index in [1.54, 1.807) is 4.57 Å². The summed E-state index contributed by atoms with van der Waals surface area (Å²) < 4.78 is 28.6. The minimum atomic E-state index is -3.62. The van der Waals surface area contributed by atoms with Gasteiger partial charge in [-0.2, -0.15) is 0 Å². The molecule has 0 spiro atoms. The summed E-state index contributed by atoms with van der Waals surface area (Å²) >= 11 is 0. The van der Waals surface area contributed by atoms with Crippen LogP contribution < -0.4 is 10.4 Å². The largest absolute Gasteiger partial charge is 0.326 e. The van der Waals surface area contributed by atoms with Crippen LogP contribution in [0, 0.1) is 11.8 Å². The summed E-state index contributed by atoms with van der Waals surface area (Å²) in [5.74, 6) is -0.112. The van der Waals surface area contributed by atoms with Gasteiger partial charge in [-0.05, 0) is 56.6 Å². The van der Waals surface area contributed by atoms with Gasteiger partial charge in [0.05, 0.1) is 15.8 Å². The highest BCUT2D eigenvalue weighted by molar-refractivity contribution is 7.91. The second-order valence-corrected chi connectivity index (χ2v) is 10.7. The number of para-hydroxylation sites is 2. The van der Waals surface area contributed by atoms with Gasteiger partial charge in [0.15, 0.2) is 0 Å². The van der Waals surface area contributed by atoms with Crippen LogP contribution in [-0.4, -0.2) is 28.6 Å². The molecule has 0 radical (unpaired) electrons. The predicted molar refractivity (Wildman–Crippen MR) is 116 cm³/mol.